The number of hydrogen-bond acceptors (Lipinski definition) is 4. The van der Waals surface area contributed by atoms with Crippen LogP contribution >= 0.6 is 15.9 Å². The molecule has 98 valence electrons. The zero-order valence-electron chi connectivity index (χ0n) is 10.4. The minimum Gasteiger partial charge on any atom is -0.481 e. The molecule has 0 saturated heterocycles. The van der Waals surface area contributed by atoms with E-state index in [4.69, 9.17) is 4.74 Å². The molecule has 1 unspecified atom stereocenters. The molecule has 6 heteroatoms. The van der Waals surface area contributed by atoms with Crippen LogP contribution in [-0.2, 0) is 9.63 Å². The fourth-order valence-corrected chi connectivity index (χ4v) is 1.47. The smallest absolute Gasteiger partial charge is 0.266 e. The van der Waals surface area contributed by atoms with Gasteiger partial charge >= 0.3 is 0 Å². The van der Waals surface area contributed by atoms with Crippen LogP contribution in [0, 0.1) is 0 Å². The van der Waals surface area contributed by atoms with E-state index < -0.39 is 6.10 Å². The highest BCUT2D eigenvalue weighted by Crippen LogP contribution is 2.17. The summed E-state index contributed by atoms with van der Waals surface area (Å²) in [5.41, 5.74) is 0. The number of benzene rings is 1. The van der Waals surface area contributed by atoms with Crippen molar-refractivity contribution in [3.63, 3.8) is 0 Å². The minimum atomic E-state index is -0.617. The van der Waals surface area contributed by atoms with Crippen molar-refractivity contribution in [2.45, 2.75) is 20.0 Å². The summed E-state index contributed by atoms with van der Waals surface area (Å²) < 4.78 is 6.44. The van der Waals surface area contributed by atoms with Gasteiger partial charge in [0.05, 0.1) is 0 Å². The van der Waals surface area contributed by atoms with Crippen molar-refractivity contribution in [3.8, 4) is 5.75 Å². The third-order valence-electron chi connectivity index (χ3n) is 2.03. The molecule has 0 aliphatic rings. The van der Waals surface area contributed by atoms with Gasteiger partial charge in [-0.1, -0.05) is 21.1 Å². The molecule has 18 heavy (non-hydrogen) atoms. The maximum absolute atomic E-state index is 11.7. The highest BCUT2D eigenvalue weighted by molar-refractivity contribution is 9.10. The van der Waals surface area contributed by atoms with Gasteiger partial charge in [0.1, 0.15) is 18.7 Å². The largest absolute Gasteiger partial charge is 0.481 e. The average Bonchev–Trinajstić information content (AvgIpc) is 2.32. The third kappa shape index (κ3) is 4.75. The van der Waals surface area contributed by atoms with E-state index >= 15 is 0 Å². The normalized spacial score (nSPS) is 12.8. The summed E-state index contributed by atoms with van der Waals surface area (Å²) in [6.45, 7) is 3.30. The highest BCUT2D eigenvalue weighted by atomic mass is 79.9. The van der Waals surface area contributed by atoms with Crippen LogP contribution in [0.2, 0.25) is 0 Å². The zero-order chi connectivity index (χ0) is 13.5. The number of amidine groups is 1. The van der Waals surface area contributed by atoms with E-state index in [2.05, 4.69) is 31.2 Å². The van der Waals surface area contributed by atoms with Crippen molar-refractivity contribution in [3.05, 3.63) is 28.7 Å². The summed E-state index contributed by atoms with van der Waals surface area (Å²) >= 11 is 3.33. The molecule has 1 aromatic carbocycles. The fraction of sp³-hybridized carbons (Fsp3) is 0.333. The molecule has 1 N–H and O–H groups in total. The third-order valence-corrected chi connectivity index (χ3v) is 2.56. The van der Waals surface area contributed by atoms with Gasteiger partial charge in [-0.05, 0) is 38.1 Å². The molecule has 0 aliphatic carbocycles. The van der Waals surface area contributed by atoms with Crippen molar-refractivity contribution in [2.24, 2.45) is 5.16 Å². The van der Waals surface area contributed by atoms with Crippen LogP contribution in [0.25, 0.3) is 0 Å². The van der Waals surface area contributed by atoms with Gasteiger partial charge in [-0.2, -0.15) is 0 Å². The van der Waals surface area contributed by atoms with E-state index in [-0.39, 0.29) is 5.91 Å². The van der Waals surface area contributed by atoms with Crippen LogP contribution in [0.3, 0.4) is 0 Å². The van der Waals surface area contributed by atoms with Crippen molar-refractivity contribution in [1.29, 1.82) is 0 Å². The minimum absolute atomic E-state index is 0.281. The summed E-state index contributed by atoms with van der Waals surface area (Å²) in [7, 11) is 1.41. The predicted octanol–water partition coefficient (Wildman–Crippen LogP) is 2.31. The quantitative estimate of drug-likeness (QED) is 0.527. The first-order chi connectivity index (χ1) is 8.52. The lowest BCUT2D eigenvalue weighted by Gasteiger charge is -2.14. The lowest BCUT2D eigenvalue weighted by Crippen LogP contribution is -2.39. The molecule has 1 amide bonds. The molecule has 0 spiro atoms. The van der Waals surface area contributed by atoms with Gasteiger partial charge in [0.2, 0.25) is 0 Å². The monoisotopic (exact) mass is 314 g/mol. The molecule has 1 aromatic rings. The highest BCUT2D eigenvalue weighted by Gasteiger charge is 2.15. The lowest BCUT2D eigenvalue weighted by molar-refractivity contribution is -0.125. The number of rotatable bonds is 4. The summed E-state index contributed by atoms with van der Waals surface area (Å²) in [6.07, 6.45) is -0.617. The molecule has 0 fully saturated rings. The van der Waals surface area contributed by atoms with E-state index in [0.717, 1.165) is 4.47 Å². The first-order valence-corrected chi connectivity index (χ1v) is 6.13. The zero-order valence-corrected chi connectivity index (χ0v) is 12.0. The molecule has 5 nitrogen and oxygen atoms in total. The summed E-state index contributed by atoms with van der Waals surface area (Å²) in [5.74, 6) is 0.729. The predicted molar refractivity (Wildman–Crippen MR) is 72.5 cm³/mol. The van der Waals surface area contributed by atoms with E-state index in [1.807, 2.05) is 12.1 Å². The van der Waals surface area contributed by atoms with E-state index in [1.165, 1.54) is 7.11 Å². The maximum Gasteiger partial charge on any atom is 0.266 e. The van der Waals surface area contributed by atoms with Crippen molar-refractivity contribution >= 4 is 27.7 Å². The summed E-state index contributed by atoms with van der Waals surface area (Å²) in [5, 5.41) is 6.15. The van der Waals surface area contributed by atoms with E-state index in [0.29, 0.717) is 11.6 Å². The number of amides is 1. The number of halogens is 1. The first kappa shape index (κ1) is 14.5. The Morgan fingerprint density at radius 2 is 2.00 bits per heavy atom. The molecule has 1 rings (SSSR count). The van der Waals surface area contributed by atoms with Crippen LogP contribution in [0.4, 0.5) is 0 Å². The van der Waals surface area contributed by atoms with Gasteiger partial charge < -0.3 is 14.9 Å². The Kier molecular flexibility index (Phi) is 5.64. The molecule has 0 aliphatic heterocycles. The molecular weight excluding hydrogens is 300 g/mol. The molecule has 0 heterocycles. The number of nitrogens with zero attached hydrogens (tertiary/aromatic N) is 1. The Morgan fingerprint density at radius 3 is 2.56 bits per heavy atom. The Hall–Kier alpha value is -1.56. The van der Waals surface area contributed by atoms with Crippen LogP contribution < -0.4 is 10.1 Å². The Morgan fingerprint density at radius 1 is 1.39 bits per heavy atom. The number of oxime groups is 1. The first-order valence-electron chi connectivity index (χ1n) is 5.33. The molecule has 1 atom stereocenters. The molecule has 0 radical (unpaired) electrons. The second-order valence-electron chi connectivity index (χ2n) is 3.56. The van der Waals surface area contributed by atoms with Crippen molar-refractivity contribution in [2.75, 3.05) is 7.11 Å². The summed E-state index contributed by atoms with van der Waals surface area (Å²) in [4.78, 5) is 16.3. The fourth-order valence-electron chi connectivity index (χ4n) is 1.21. The maximum atomic E-state index is 11.7. The SMILES string of the molecule is CON=C(C)NC(=O)C(C)Oc1ccc(Br)cc1. The number of carbonyl (C=O) groups excluding carboxylic acids is 1. The lowest BCUT2D eigenvalue weighted by atomic mass is 10.3. The second-order valence-corrected chi connectivity index (χ2v) is 4.48. The van der Waals surface area contributed by atoms with Gasteiger partial charge in [0.25, 0.3) is 5.91 Å². The van der Waals surface area contributed by atoms with Gasteiger partial charge in [0, 0.05) is 4.47 Å². The molecule has 0 saturated carbocycles. The average molecular weight is 315 g/mol. The van der Waals surface area contributed by atoms with E-state index in [9.17, 15) is 4.79 Å². The Labute approximate surface area is 114 Å². The number of nitrogens with one attached hydrogen (secondary N) is 1. The second kappa shape index (κ2) is 7.00. The van der Waals surface area contributed by atoms with Gasteiger partial charge in [-0.25, -0.2) is 0 Å². The topological polar surface area (TPSA) is 59.9 Å². The van der Waals surface area contributed by atoms with Crippen LogP contribution in [0.15, 0.2) is 33.9 Å². The van der Waals surface area contributed by atoms with Crippen molar-refractivity contribution < 1.29 is 14.4 Å². The molecule has 0 aromatic heterocycles. The summed E-state index contributed by atoms with van der Waals surface area (Å²) in [6, 6.07) is 7.25. The van der Waals surface area contributed by atoms with Gasteiger partial charge in [-0.3, -0.25) is 4.79 Å². The Balaban J connectivity index is 2.54. The number of carbonyl (C=O) groups is 1. The standard InChI is InChI=1S/C12H15BrN2O3/c1-8(12(16)14-9(2)15-17-3)18-11-6-4-10(13)5-7-11/h4-8H,1-3H3,(H,14,15,16). The number of hydrogen-bond donors (Lipinski definition) is 1. The van der Waals surface area contributed by atoms with Gasteiger partial charge in [-0.15, -0.1) is 0 Å². The van der Waals surface area contributed by atoms with Crippen LogP contribution in [0.5, 0.6) is 5.75 Å². The van der Waals surface area contributed by atoms with Crippen LogP contribution in [-0.4, -0.2) is 25.0 Å². The van der Waals surface area contributed by atoms with E-state index in [1.54, 1.807) is 26.0 Å². The van der Waals surface area contributed by atoms with Gasteiger partial charge in [0.15, 0.2) is 6.10 Å². The van der Waals surface area contributed by atoms with Crippen molar-refractivity contribution in [1.82, 2.24) is 5.32 Å². The molecule has 0 bridgehead atoms. The molecular formula is C12H15BrN2O3. The Bertz CT molecular complexity index is 431. The number of ether oxygens (including phenoxy) is 1. The van der Waals surface area contributed by atoms with Crippen LogP contribution in [0.1, 0.15) is 13.8 Å².